The van der Waals surface area contributed by atoms with E-state index in [4.69, 9.17) is 10.3 Å². The Morgan fingerprint density at radius 3 is 2.11 bits per heavy atom. The van der Waals surface area contributed by atoms with E-state index >= 15 is 0 Å². The van der Waals surface area contributed by atoms with Crippen molar-refractivity contribution in [1.82, 2.24) is 0 Å². The van der Waals surface area contributed by atoms with Gasteiger partial charge < -0.3 is 10.5 Å². The van der Waals surface area contributed by atoms with Gasteiger partial charge in [-0.25, -0.2) is 0 Å². The fourth-order valence-electron chi connectivity index (χ4n) is 0.866. The highest BCUT2D eigenvalue weighted by molar-refractivity contribution is 7.85. The number of carbonyl (C=O) groups excluding carboxylic acids is 1. The fourth-order valence-corrected chi connectivity index (χ4v) is 1.37. The van der Waals surface area contributed by atoms with Crippen LogP contribution in [0.2, 0.25) is 0 Å². The van der Waals surface area contributed by atoms with Gasteiger partial charge in [-0.05, 0) is 26.0 Å². The van der Waals surface area contributed by atoms with E-state index in [1.165, 1.54) is 12.1 Å². The predicted molar refractivity (Wildman–Crippen MR) is 66.5 cm³/mol. The summed E-state index contributed by atoms with van der Waals surface area (Å²) >= 11 is 0. The van der Waals surface area contributed by atoms with E-state index in [-0.39, 0.29) is 10.9 Å². The van der Waals surface area contributed by atoms with Gasteiger partial charge in [0.2, 0.25) is 0 Å². The summed E-state index contributed by atoms with van der Waals surface area (Å²) in [5, 5.41) is 0. The first-order valence-corrected chi connectivity index (χ1v) is 6.67. The zero-order valence-electron chi connectivity index (χ0n) is 10.2. The molecule has 0 aromatic heterocycles. The van der Waals surface area contributed by atoms with E-state index in [2.05, 4.69) is 4.74 Å². The van der Waals surface area contributed by atoms with Crippen molar-refractivity contribution in [3.63, 3.8) is 0 Å². The quantitative estimate of drug-likeness (QED) is 0.625. The topological polar surface area (TPSA) is 107 Å². The molecule has 0 radical (unpaired) electrons. The van der Waals surface area contributed by atoms with Crippen molar-refractivity contribution < 1.29 is 22.5 Å². The molecule has 0 amide bonds. The first kappa shape index (κ1) is 16.6. The van der Waals surface area contributed by atoms with E-state index in [1.54, 1.807) is 32.0 Å². The summed E-state index contributed by atoms with van der Waals surface area (Å²) in [5.41, 5.74) is 5.15. The number of carbonyl (C=O) groups is 1. The Kier molecular flexibility index (Phi) is 7.18. The molecule has 0 aliphatic carbocycles. The summed E-state index contributed by atoms with van der Waals surface area (Å²) < 4.78 is 33.8. The summed E-state index contributed by atoms with van der Waals surface area (Å²) in [6, 6.07) is 6.93. The number of hydrogen-bond acceptors (Lipinski definition) is 5. The van der Waals surface area contributed by atoms with Crippen LogP contribution in [0.4, 0.5) is 0 Å². The van der Waals surface area contributed by atoms with Crippen molar-refractivity contribution >= 4 is 16.1 Å². The molecular weight excluding hydrogens is 258 g/mol. The lowest BCUT2D eigenvalue weighted by Crippen LogP contribution is -2.28. The van der Waals surface area contributed by atoms with Gasteiger partial charge in [-0.15, -0.1) is 0 Å². The van der Waals surface area contributed by atoms with Gasteiger partial charge >= 0.3 is 5.97 Å². The number of ether oxygens (including phenoxy) is 1. The van der Waals surface area contributed by atoms with Crippen LogP contribution in [0.5, 0.6) is 0 Å². The fraction of sp³-hybridized carbons (Fsp3) is 0.364. The molecule has 3 N–H and O–H groups in total. The molecule has 1 aromatic rings. The molecule has 0 heterocycles. The second kappa shape index (κ2) is 7.80. The van der Waals surface area contributed by atoms with Crippen LogP contribution in [-0.2, 0) is 19.6 Å². The van der Waals surface area contributed by atoms with E-state index < -0.39 is 16.2 Å². The standard InChI is InChI=1S/C6H6O3S.C5H11NO2/c7-10(8,9)6-4-2-1-3-5-6;1-3-8-5(7)4(2)6/h1-5H,(H,7,8,9);4H,3,6H2,1-2H3/t;4-/m.0/s1. The monoisotopic (exact) mass is 275 g/mol. The lowest BCUT2D eigenvalue weighted by Gasteiger charge is -2.02. The first-order chi connectivity index (χ1) is 8.29. The van der Waals surface area contributed by atoms with Gasteiger partial charge in [0.15, 0.2) is 0 Å². The van der Waals surface area contributed by atoms with Crippen molar-refractivity contribution in [3.8, 4) is 0 Å². The molecule has 18 heavy (non-hydrogen) atoms. The van der Waals surface area contributed by atoms with Crippen LogP contribution in [-0.4, -0.2) is 31.6 Å². The second-order valence-corrected chi connectivity index (χ2v) is 4.75. The lowest BCUT2D eigenvalue weighted by atomic mass is 10.4. The molecule has 0 spiro atoms. The van der Waals surface area contributed by atoms with Crippen LogP contribution >= 0.6 is 0 Å². The Labute approximate surface area is 107 Å². The number of esters is 1. The molecule has 0 aliphatic heterocycles. The van der Waals surface area contributed by atoms with Gasteiger partial charge in [0, 0.05) is 0 Å². The third kappa shape index (κ3) is 7.00. The molecular formula is C11H17NO5S. The highest BCUT2D eigenvalue weighted by atomic mass is 32.2. The van der Waals surface area contributed by atoms with Gasteiger partial charge in [-0.3, -0.25) is 9.35 Å². The minimum Gasteiger partial charge on any atom is -0.465 e. The molecule has 102 valence electrons. The molecule has 1 aromatic carbocycles. The summed E-state index contributed by atoms with van der Waals surface area (Å²) in [4.78, 5) is 10.3. The number of hydrogen-bond donors (Lipinski definition) is 2. The Morgan fingerprint density at radius 1 is 1.39 bits per heavy atom. The largest absolute Gasteiger partial charge is 0.465 e. The summed E-state index contributed by atoms with van der Waals surface area (Å²) in [6.45, 7) is 3.75. The summed E-state index contributed by atoms with van der Waals surface area (Å²) in [7, 11) is -4.00. The van der Waals surface area contributed by atoms with Gasteiger partial charge in [-0.1, -0.05) is 18.2 Å². The predicted octanol–water partition coefficient (Wildman–Crippen LogP) is 0.830. The molecule has 0 fully saturated rings. The van der Waals surface area contributed by atoms with Gasteiger partial charge in [0.05, 0.1) is 11.5 Å². The van der Waals surface area contributed by atoms with Crippen LogP contribution in [0.3, 0.4) is 0 Å². The van der Waals surface area contributed by atoms with Crippen LogP contribution in [0.15, 0.2) is 35.2 Å². The zero-order chi connectivity index (χ0) is 14.2. The van der Waals surface area contributed by atoms with Crippen molar-refractivity contribution in [3.05, 3.63) is 30.3 Å². The Balaban J connectivity index is 0.000000331. The highest BCUT2D eigenvalue weighted by Gasteiger charge is 2.06. The zero-order valence-corrected chi connectivity index (χ0v) is 11.1. The van der Waals surface area contributed by atoms with Crippen molar-refractivity contribution in [2.45, 2.75) is 24.8 Å². The van der Waals surface area contributed by atoms with Gasteiger partial charge in [0.25, 0.3) is 10.1 Å². The molecule has 0 saturated heterocycles. The maximum Gasteiger partial charge on any atom is 0.322 e. The average molecular weight is 275 g/mol. The van der Waals surface area contributed by atoms with Gasteiger partial charge in [-0.2, -0.15) is 8.42 Å². The van der Waals surface area contributed by atoms with Crippen LogP contribution in [0.25, 0.3) is 0 Å². The number of nitrogens with two attached hydrogens (primary N) is 1. The van der Waals surface area contributed by atoms with Crippen molar-refractivity contribution in [1.29, 1.82) is 0 Å². The third-order valence-corrected chi connectivity index (χ3v) is 2.57. The minimum atomic E-state index is -4.00. The molecule has 0 aliphatic rings. The molecule has 0 bridgehead atoms. The summed E-state index contributed by atoms with van der Waals surface area (Å²) in [5.74, 6) is -0.340. The summed E-state index contributed by atoms with van der Waals surface area (Å²) in [6.07, 6.45) is 0. The Hall–Kier alpha value is -1.44. The third-order valence-electron chi connectivity index (χ3n) is 1.70. The molecule has 6 nitrogen and oxygen atoms in total. The molecule has 7 heteroatoms. The second-order valence-electron chi connectivity index (χ2n) is 3.33. The maximum absolute atomic E-state index is 10.4. The van der Waals surface area contributed by atoms with Crippen molar-refractivity contribution in [2.75, 3.05) is 6.61 Å². The molecule has 0 saturated carbocycles. The Bertz CT molecular complexity index is 456. The van der Waals surface area contributed by atoms with E-state index in [0.717, 1.165) is 0 Å². The maximum atomic E-state index is 10.4. The molecule has 1 rings (SSSR count). The number of rotatable bonds is 3. The molecule has 0 unspecified atom stereocenters. The lowest BCUT2D eigenvalue weighted by molar-refractivity contribution is -0.144. The van der Waals surface area contributed by atoms with E-state index in [9.17, 15) is 13.2 Å². The Morgan fingerprint density at radius 2 is 1.89 bits per heavy atom. The SMILES string of the molecule is CCOC(=O)[C@H](C)N.O=S(=O)(O)c1ccccc1. The van der Waals surface area contributed by atoms with Crippen molar-refractivity contribution in [2.24, 2.45) is 5.73 Å². The average Bonchev–Trinajstić information content (AvgIpc) is 2.30. The van der Waals surface area contributed by atoms with Crippen LogP contribution in [0.1, 0.15) is 13.8 Å². The minimum absolute atomic E-state index is 0.0741. The van der Waals surface area contributed by atoms with E-state index in [1.807, 2.05) is 0 Å². The van der Waals surface area contributed by atoms with Crippen LogP contribution in [0, 0.1) is 0 Å². The normalized spacial score (nSPS) is 12.0. The van der Waals surface area contributed by atoms with Crippen LogP contribution < -0.4 is 5.73 Å². The highest BCUT2D eigenvalue weighted by Crippen LogP contribution is 2.05. The first-order valence-electron chi connectivity index (χ1n) is 5.23. The van der Waals surface area contributed by atoms with Gasteiger partial charge in [0.1, 0.15) is 6.04 Å². The smallest absolute Gasteiger partial charge is 0.322 e. The van der Waals surface area contributed by atoms with E-state index in [0.29, 0.717) is 6.61 Å². The number of benzene rings is 1. The molecule has 1 atom stereocenters.